The number of fused-ring (bicyclic) bond motifs is 1. The van der Waals surface area contributed by atoms with Crippen LogP contribution >= 0.6 is 23.2 Å². The summed E-state index contributed by atoms with van der Waals surface area (Å²) in [5, 5.41) is 4.50. The Labute approximate surface area is 155 Å². The van der Waals surface area contributed by atoms with Gasteiger partial charge in [-0.15, -0.1) is 0 Å². The Kier molecular flexibility index (Phi) is 4.35. The number of hydrogen-bond acceptors (Lipinski definition) is 2. The van der Waals surface area contributed by atoms with Gasteiger partial charge in [0.1, 0.15) is 0 Å². The molecule has 3 nitrogen and oxygen atoms in total. The molecule has 1 heterocycles. The van der Waals surface area contributed by atoms with E-state index in [4.69, 9.17) is 28.2 Å². The maximum atomic E-state index is 6.31. The number of anilines is 2. The lowest BCUT2D eigenvalue weighted by molar-refractivity contribution is 0.835. The summed E-state index contributed by atoms with van der Waals surface area (Å²) in [4.78, 5) is 4.73. The summed E-state index contributed by atoms with van der Waals surface area (Å²) in [5.41, 5.74) is 3.98. The van der Waals surface area contributed by atoms with Crippen molar-refractivity contribution in [2.75, 3.05) is 5.32 Å². The second kappa shape index (κ2) is 6.79. The molecule has 4 rings (SSSR count). The summed E-state index contributed by atoms with van der Waals surface area (Å²) in [5.74, 6) is 0.745. The molecular formula is C20H15Cl2N3. The summed E-state index contributed by atoms with van der Waals surface area (Å²) in [6, 6.07) is 23.8. The number of halogens is 2. The number of nitrogens with one attached hydrogen (secondary N) is 1. The van der Waals surface area contributed by atoms with E-state index in [1.54, 1.807) is 12.1 Å². The quantitative estimate of drug-likeness (QED) is 0.469. The van der Waals surface area contributed by atoms with Crippen LogP contribution in [0.5, 0.6) is 0 Å². The number of para-hydroxylation sites is 2. The first-order valence-corrected chi connectivity index (χ1v) is 8.67. The van der Waals surface area contributed by atoms with E-state index in [1.165, 1.54) is 5.56 Å². The van der Waals surface area contributed by atoms with Gasteiger partial charge in [0.25, 0.3) is 0 Å². The van der Waals surface area contributed by atoms with Crippen molar-refractivity contribution >= 4 is 45.9 Å². The Bertz CT molecular complexity index is 1030. The number of rotatable bonds is 4. The lowest BCUT2D eigenvalue weighted by Gasteiger charge is -2.12. The van der Waals surface area contributed by atoms with Gasteiger partial charge in [-0.2, -0.15) is 0 Å². The molecule has 25 heavy (non-hydrogen) atoms. The minimum absolute atomic E-state index is 0.561. The molecule has 0 aliphatic heterocycles. The molecular weight excluding hydrogens is 353 g/mol. The maximum Gasteiger partial charge on any atom is 0.208 e. The average Bonchev–Trinajstić information content (AvgIpc) is 2.96. The van der Waals surface area contributed by atoms with Crippen molar-refractivity contribution in [3.63, 3.8) is 0 Å². The molecule has 0 saturated heterocycles. The predicted molar refractivity (Wildman–Crippen MR) is 105 cm³/mol. The zero-order chi connectivity index (χ0) is 17.2. The molecule has 4 aromatic rings. The van der Waals surface area contributed by atoms with E-state index >= 15 is 0 Å². The van der Waals surface area contributed by atoms with Crippen LogP contribution in [-0.2, 0) is 6.54 Å². The Morgan fingerprint density at radius 3 is 2.44 bits per heavy atom. The number of nitrogens with zero attached hydrogens (tertiary/aromatic N) is 2. The van der Waals surface area contributed by atoms with Crippen molar-refractivity contribution in [3.8, 4) is 0 Å². The molecule has 5 heteroatoms. The van der Waals surface area contributed by atoms with Gasteiger partial charge in [-0.1, -0.05) is 65.7 Å². The molecule has 0 radical (unpaired) electrons. The minimum Gasteiger partial charge on any atom is -0.324 e. The second-order valence-electron chi connectivity index (χ2n) is 5.75. The van der Waals surface area contributed by atoms with Crippen LogP contribution in [0.15, 0.2) is 72.8 Å². The molecule has 124 valence electrons. The summed E-state index contributed by atoms with van der Waals surface area (Å²) in [6.45, 7) is 0.717. The highest BCUT2D eigenvalue weighted by atomic mass is 35.5. The van der Waals surface area contributed by atoms with E-state index in [1.807, 2.05) is 42.5 Å². The minimum atomic E-state index is 0.561. The van der Waals surface area contributed by atoms with Crippen molar-refractivity contribution in [2.24, 2.45) is 0 Å². The van der Waals surface area contributed by atoms with Crippen LogP contribution < -0.4 is 5.32 Å². The highest BCUT2D eigenvalue weighted by Crippen LogP contribution is 2.30. The van der Waals surface area contributed by atoms with Gasteiger partial charge in [0.15, 0.2) is 0 Å². The fourth-order valence-electron chi connectivity index (χ4n) is 2.81. The van der Waals surface area contributed by atoms with Gasteiger partial charge in [-0.05, 0) is 35.9 Å². The van der Waals surface area contributed by atoms with Crippen LogP contribution in [0.3, 0.4) is 0 Å². The van der Waals surface area contributed by atoms with Crippen molar-refractivity contribution in [1.82, 2.24) is 9.55 Å². The van der Waals surface area contributed by atoms with Crippen LogP contribution in [0, 0.1) is 0 Å². The molecule has 0 saturated carbocycles. The van der Waals surface area contributed by atoms with Gasteiger partial charge in [0.2, 0.25) is 5.95 Å². The third kappa shape index (κ3) is 3.34. The van der Waals surface area contributed by atoms with E-state index < -0.39 is 0 Å². The number of imidazole rings is 1. The fourth-order valence-corrected chi connectivity index (χ4v) is 3.26. The van der Waals surface area contributed by atoms with E-state index in [9.17, 15) is 0 Å². The average molecular weight is 368 g/mol. The zero-order valence-corrected chi connectivity index (χ0v) is 14.8. The van der Waals surface area contributed by atoms with Gasteiger partial charge in [-0.25, -0.2) is 4.98 Å². The standard InChI is InChI=1S/C20H15Cl2N3/c21-15-10-11-17(16(22)12-15)23-20-24-18-8-4-5-9-19(18)25(20)13-14-6-2-1-3-7-14/h1-12H,13H2,(H,23,24). The maximum absolute atomic E-state index is 6.31. The van der Waals surface area contributed by atoms with Crippen molar-refractivity contribution in [2.45, 2.75) is 6.54 Å². The van der Waals surface area contributed by atoms with E-state index in [0.717, 1.165) is 29.2 Å². The van der Waals surface area contributed by atoms with Crippen LogP contribution in [0.4, 0.5) is 11.6 Å². The Hall–Kier alpha value is -2.49. The summed E-state index contributed by atoms with van der Waals surface area (Å²) in [6.07, 6.45) is 0. The monoisotopic (exact) mass is 367 g/mol. The van der Waals surface area contributed by atoms with Gasteiger partial charge in [-0.3, -0.25) is 0 Å². The van der Waals surface area contributed by atoms with E-state index in [0.29, 0.717) is 10.0 Å². The molecule has 0 unspecified atom stereocenters. The summed E-state index contributed by atoms with van der Waals surface area (Å²) in [7, 11) is 0. The first kappa shape index (κ1) is 16.0. The normalized spacial score (nSPS) is 11.0. The largest absolute Gasteiger partial charge is 0.324 e. The fraction of sp³-hybridized carbons (Fsp3) is 0.0500. The summed E-state index contributed by atoms with van der Waals surface area (Å²) >= 11 is 12.3. The Morgan fingerprint density at radius 2 is 1.64 bits per heavy atom. The zero-order valence-electron chi connectivity index (χ0n) is 13.3. The van der Waals surface area contributed by atoms with Crippen molar-refractivity contribution in [1.29, 1.82) is 0 Å². The van der Waals surface area contributed by atoms with Crippen LogP contribution in [-0.4, -0.2) is 9.55 Å². The highest BCUT2D eigenvalue weighted by Gasteiger charge is 2.12. The molecule has 1 aromatic heterocycles. The van der Waals surface area contributed by atoms with Gasteiger partial charge >= 0.3 is 0 Å². The molecule has 0 aliphatic carbocycles. The van der Waals surface area contributed by atoms with Gasteiger partial charge in [0, 0.05) is 5.02 Å². The van der Waals surface area contributed by atoms with Gasteiger partial charge in [0.05, 0.1) is 28.3 Å². The Morgan fingerprint density at radius 1 is 0.880 bits per heavy atom. The lowest BCUT2D eigenvalue weighted by atomic mass is 10.2. The third-order valence-corrected chi connectivity index (χ3v) is 4.56. The predicted octanol–water partition coefficient (Wildman–Crippen LogP) is 6.14. The Balaban J connectivity index is 1.78. The molecule has 0 aliphatic rings. The third-order valence-electron chi connectivity index (χ3n) is 4.02. The number of aromatic nitrogens is 2. The molecule has 0 bridgehead atoms. The van der Waals surface area contributed by atoms with E-state index in [2.05, 4.69) is 28.1 Å². The smallest absolute Gasteiger partial charge is 0.208 e. The molecule has 0 spiro atoms. The number of benzene rings is 3. The second-order valence-corrected chi connectivity index (χ2v) is 6.59. The van der Waals surface area contributed by atoms with Crippen LogP contribution in [0.2, 0.25) is 10.0 Å². The topological polar surface area (TPSA) is 29.9 Å². The number of hydrogen-bond donors (Lipinski definition) is 1. The molecule has 1 N–H and O–H groups in total. The van der Waals surface area contributed by atoms with Crippen molar-refractivity contribution < 1.29 is 0 Å². The first-order valence-electron chi connectivity index (χ1n) is 7.92. The van der Waals surface area contributed by atoms with Crippen LogP contribution in [0.1, 0.15) is 5.56 Å². The molecule has 0 fully saturated rings. The first-order chi connectivity index (χ1) is 12.2. The SMILES string of the molecule is Clc1ccc(Nc2nc3ccccc3n2Cc2ccccc2)c(Cl)c1. The molecule has 0 atom stereocenters. The van der Waals surface area contributed by atoms with E-state index in [-0.39, 0.29) is 0 Å². The van der Waals surface area contributed by atoms with Crippen molar-refractivity contribution in [3.05, 3.63) is 88.4 Å². The lowest BCUT2D eigenvalue weighted by Crippen LogP contribution is -2.05. The highest BCUT2D eigenvalue weighted by molar-refractivity contribution is 6.36. The molecule has 3 aromatic carbocycles. The molecule has 0 amide bonds. The van der Waals surface area contributed by atoms with Gasteiger partial charge < -0.3 is 9.88 Å². The van der Waals surface area contributed by atoms with Crippen LogP contribution in [0.25, 0.3) is 11.0 Å². The summed E-state index contributed by atoms with van der Waals surface area (Å²) < 4.78 is 2.15.